The number of nitrogens with zero attached hydrogens (tertiary/aromatic N) is 1. The summed E-state index contributed by atoms with van der Waals surface area (Å²) in [7, 11) is -2.76. The molecule has 1 saturated heterocycles. The zero-order valence-electron chi connectivity index (χ0n) is 16.7. The molecule has 1 aliphatic heterocycles. The first kappa shape index (κ1) is 21.1. The van der Waals surface area contributed by atoms with E-state index >= 15 is 0 Å². The van der Waals surface area contributed by atoms with Crippen molar-refractivity contribution in [3.63, 3.8) is 0 Å². The van der Waals surface area contributed by atoms with E-state index in [0.717, 1.165) is 6.42 Å². The van der Waals surface area contributed by atoms with Crippen LogP contribution in [0.4, 0.5) is 0 Å². The summed E-state index contributed by atoms with van der Waals surface area (Å²) < 4.78 is 18.8. The van der Waals surface area contributed by atoms with Gasteiger partial charge in [-0.1, -0.05) is 6.92 Å². The molecule has 0 saturated carbocycles. The predicted molar refractivity (Wildman–Crippen MR) is 98.6 cm³/mol. The Bertz CT molecular complexity index is 327. The van der Waals surface area contributed by atoms with Gasteiger partial charge in [0.25, 0.3) is 0 Å². The minimum absolute atomic E-state index is 0.131. The van der Waals surface area contributed by atoms with Crippen LogP contribution < -0.4 is 0 Å². The molecule has 1 heterocycles. The maximum Gasteiger partial charge on any atom is 0.519 e. The number of hydrogen-bond donors (Lipinski definition) is 0. The van der Waals surface area contributed by atoms with Crippen LogP contribution in [0.25, 0.3) is 0 Å². The second-order valence-electron chi connectivity index (χ2n) is 7.68. The van der Waals surface area contributed by atoms with Gasteiger partial charge in [0, 0.05) is 30.9 Å². The smallest absolute Gasteiger partial charge is 0.373 e. The first-order valence-electron chi connectivity index (χ1n) is 9.42. The van der Waals surface area contributed by atoms with E-state index in [9.17, 15) is 0 Å². The average Bonchev–Trinajstić information content (AvgIpc) is 2.43. The second-order valence-corrected chi connectivity index (χ2v) is 10.4. The van der Waals surface area contributed by atoms with Crippen LogP contribution in [0.15, 0.2) is 0 Å². The molecule has 0 N–H and O–H groups in total. The molecule has 23 heavy (non-hydrogen) atoms. The van der Waals surface area contributed by atoms with Crippen molar-refractivity contribution in [2.75, 3.05) is 19.8 Å². The van der Waals surface area contributed by atoms with Crippen LogP contribution >= 0.6 is 0 Å². The van der Waals surface area contributed by atoms with Gasteiger partial charge in [-0.15, -0.1) is 0 Å². The third-order valence-electron chi connectivity index (χ3n) is 5.02. The Hall–Kier alpha value is 0.0569. The zero-order valence-corrected chi connectivity index (χ0v) is 17.7. The quantitative estimate of drug-likeness (QED) is 0.580. The predicted octanol–water partition coefficient (Wildman–Crippen LogP) is 4.40. The molecule has 4 nitrogen and oxygen atoms in total. The largest absolute Gasteiger partial charge is 0.519 e. The molecule has 1 atom stereocenters. The van der Waals surface area contributed by atoms with Gasteiger partial charge in [-0.05, 0) is 74.1 Å². The molecular weight excluding hydrogens is 306 g/mol. The van der Waals surface area contributed by atoms with E-state index in [0.29, 0.717) is 19.8 Å². The van der Waals surface area contributed by atoms with Gasteiger partial charge in [-0.3, -0.25) is 4.90 Å². The van der Waals surface area contributed by atoms with Crippen LogP contribution in [0.3, 0.4) is 0 Å². The standard InChI is InChI=1S/C18H39NO3Si/c1-9-16(23(20-10-2,21-11-3)22-12-4)19-17(5,6)14-13-15-18(19,7)8/h16H,9-15H2,1-8H3. The topological polar surface area (TPSA) is 30.9 Å². The summed E-state index contributed by atoms with van der Waals surface area (Å²) in [5, 5.41) is 0. The highest BCUT2D eigenvalue weighted by Crippen LogP contribution is 2.43. The summed E-state index contributed by atoms with van der Waals surface area (Å²) in [6.45, 7) is 19.7. The molecule has 138 valence electrons. The minimum Gasteiger partial charge on any atom is -0.373 e. The molecule has 5 heteroatoms. The van der Waals surface area contributed by atoms with Crippen LogP contribution in [0.5, 0.6) is 0 Å². The molecular formula is C18H39NO3Si. The van der Waals surface area contributed by atoms with E-state index in [-0.39, 0.29) is 16.7 Å². The summed E-state index contributed by atoms with van der Waals surface area (Å²) in [6.07, 6.45) is 4.68. The Morgan fingerprint density at radius 3 is 1.52 bits per heavy atom. The van der Waals surface area contributed by atoms with Gasteiger partial charge in [-0.25, -0.2) is 0 Å². The van der Waals surface area contributed by atoms with Gasteiger partial charge in [0.1, 0.15) is 0 Å². The zero-order chi connectivity index (χ0) is 17.7. The Balaban J connectivity index is 3.32. The first-order chi connectivity index (χ1) is 10.7. The van der Waals surface area contributed by atoms with Crippen molar-refractivity contribution in [3.05, 3.63) is 0 Å². The molecule has 0 bridgehead atoms. The number of likely N-dealkylation sites (tertiary alicyclic amines) is 1. The van der Waals surface area contributed by atoms with Gasteiger partial charge in [0.2, 0.25) is 0 Å². The van der Waals surface area contributed by atoms with Gasteiger partial charge in [-0.2, -0.15) is 0 Å². The fourth-order valence-corrected chi connectivity index (χ4v) is 8.01. The molecule has 1 fully saturated rings. The Labute approximate surface area is 145 Å². The summed E-state index contributed by atoms with van der Waals surface area (Å²) in [6, 6.07) is 0. The van der Waals surface area contributed by atoms with Crippen LogP contribution in [0.1, 0.15) is 81.1 Å². The summed E-state index contributed by atoms with van der Waals surface area (Å²) in [5.74, 6) is 0. The van der Waals surface area contributed by atoms with Crippen molar-refractivity contribution in [2.45, 2.75) is 97.8 Å². The van der Waals surface area contributed by atoms with E-state index in [1.54, 1.807) is 0 Å². The van der Waals surface area contributed by atoms with Gasteiger partial charge in [0.15, 0.2) is 0 Å². The monoisotopic (exact) mass is 345 g/mol. The molecule has 0 radical (unpaired) electrons. The van der Waals surface area contributed by atoms with Crippen molar-refractivity contribution in [1.29, 1.82) is 0 Å². The van der Waals surface area contributed by atoms with E-state index in [1.807, 2.05) is 20.8 Å². The maximum absolute atomic E-state index is 6.26. The van der Waals surface area contributed by atoms with Crippen LogP contribution in [-0.2, 0) is 13.3 Å². The van der Waals surface area contributed by atoms with Crippen LogP contribution in [0, 0.1) is 0 Å². The molecule has 0 amide bonds. The van der Waals surface area contributed by atoms with E-state index in [2.05, 4.69) is 39.5 Å². The van der Waals surface area contributed by atoms with Crippen molar-refractivity contribution in [3.8, 4) is 0 Å². The Kier molecular flexibility index (Phi) is 7.74. The summed E-state index contributed by atoms with van der Waals surface area (Å²) in [5.41, 5.74) is 0.463. The molecule has 1 aliphatic rings. The maximum atomic E-state index is 6.26. The van der Waals surface area contributed by atoms with Crippen LogP contribution in [-0.4, -0.2) is 50.3 Å². The summed E-state index contributed by atoms with van der Waals surface area (Å²) >= 11 is 0. The van der Waals surface area contributed by atoms with Gasteiger partial charge in [0.05, 0.1) is 5.67 Å². The molecule has 1 unspecified atom stereocenters. The first-order valence-corrected chi connectivity index (χ1v) is 11.2. The molecule has 0 aromatic carbocycles. The molecule has 0 spiro atoms. The van der Waals surface area contributed by atoms with Crippen molar-refractivity contribution < 1.29 is 13.3 Å². The fourth-order valence-electron chi connectivity index (χ4n) is 4.47. The third-order valence-corrected chi connectivity index (χ3v) is 8.58. The average molecular weight is 346 g/mol. The normalized spacial score (nSPS) is 23.0. The number of rotatable bonds is 9. The lowest BCUT2D eigenvalue weighted by Crippen LogP contribution is -2.72. The molecule has 0 aromatic heterocycles. The molecule has 1 rings (SSSR count). The van der Waals surface area contributed by atoms with E-state index < -0.39 is 8.80 Å². The van der Waals surface area contributed by atoms with Gasteiger partial charge >= 0.3 is 8.80 Å². The SMILES string of the molecule is CCO[Si](OCC)(OCC)C(CC)N1C(C)(C)CCCC1(C)C. The lowest BCUT2D eigenvalue weighted by Gasteiger charge is -2.58. The lowest BCUT2D eigenvalue weighted by molar-refractivity contribution is -0.0726. The molecule has 0 aliphatic carbocycles. The highest BCUT2D eigenvalue weighted by molar-refractivity contribution is 6.62. The van der Waals surface area contributed by atoms with E-state index in [4.69, 9.17) is 13.3 Å². The van der Waals surface area contributed by atoms with Crippen molar-refractivity contribution in [1.82, 2.24) is 4.90 Å². The number of piperidine rings is 1. The third kappa shape index (κ3) is 4.57. The Morgan fingerprint density at radius 1 is 0.826 bits per heavy atom. The van der Waals surface area contributed by atoms with Gasteiger partial charge < -0.3 is 13.3 Å². The lowest BCUT2D eigenvalue weighted by atomic mass is 9.79. The van der Waals surface area contributed by atoms with Crippen molar-refractivity contribution >= 4 is 8.80 Å². The summed E-state index contributed by atoms with van der Waals surface area (Å²) in [4.78, 5) is 2.66. The van der Waals surface area contributed by atoms with Crippen LogP contribution in [0.2, 0.25) is 0 Å². The fraction of sp³-hybridized carbons (Fsp3) is 1.00. The highest BCUT2D eigenvalue weighted by Gasteiger charge is 2.57. The Morgan fingerprint density at radius 2 is 1.22 bits per heavy atom. The van der Waals surface area contributed by atoms with Crippen molar-refractivity contribution in [2.24, 2.45) is 0 Å². The molecule has 0 aromatic rings. The number of hydrogen-bond acceptors (Lipinski definition) is 4. The second kappa shape index (κ2) is 8.43. The van der Waals surface area contributed by atoms with E-state index in [1.165, 1.54) is 19.3 Å². The highest BCUT2D eigenvalue weighted by atomic mass is 28.4. The minimum atomic E-state index is -2.76.